The maximum atomic E-state index is 12.6. The third kappa shape index (κ3) is 5.67. The summed E-state index contributed by atoms with van der Waals surface area (Å²) in [5.41, 5.74) is 1.34. The van der Waals surface area contributed by atoms with Gasteiger partial charge in [0.2, 0.25) is 5.91 Å². The zero-order valence-electron chi connectivity index (χ0n) is 14.8. The largest absolute Gasteiger partial charge is 0.378 e. The quantitative estimate of drug-likeness (QED) is 0.789. The Kier molecular flexibility index (Phi) is 7.88. The molecule has 1 amide bonds. The SMILES string of the molecule is Cl.O=C(Nc1cccc(CS(=O)(=O)C2CCCCC2)c1)C1COCCN1. The first kappa shape index (κ1) is 21.2. The van der Waals surface area contributed by atoms with Gasteiger partial charge in [0.1, 0.15) is 6.04 Å². The van der Waals surface area contributed by atoms with E-state index in [4.69, 9.17) is 4.74 Å². The van der Waals surface area contributed by atoms with Gasteiger partial charge in [-0.25, -0.2) is 8.42 Å². The molecule has 1 saturated carbocycles. The van der Waals surface area contributed by atoms with Crippen molar-refractivity contribution in [3.8, 4) is 0 Å². The molecular formula is C18H27ClN2O4S. The molecule has 0 radical (unpaired) electrons. The molecule has 1 aromatic carbocycles. The van der Waals surface area contributed by atoms with Gasteiger partial charge in [0.05, 0.1) is 24.2 Å². The van der Waals surface area contributed by atoms with Crippen LogP contribution in [0.25, 0.3) is 0 Å². The van der Waals surface area contributed by atoms with Crippen LogP contribution >= 0.6 is 12.4 Å². The lowest BCUT2D eigenvalue weighted by Crippen LogP contribution is -2.48. The van der Waals surface area contributed by atoms with Crippen molar-refractivity contribution in [1.29, 1.82) is 0 Å². The molecule has 0 aromatic heterocycles. The number of carbonyl (C=O) groups excluding carboxylic acids is 1. The topological polar surface area (TPSA) is 84.5 Å². The van der Waals surface area contributed by atoms with E-state index in [1.807, 2.05) is 0 Å². The number of amides is 1. The minimum atomic E-state index is -3.15. The lowest BCUT2D eigenvalue weighted by Gasteiger charge is -2.23. The molecule has 2 aliphatic rings. The number of halogens is 1. The van der Waals surface area contributed by atoms with Gasteiger partial charge in [-0.15, -0.1) is 12.4 Å². The van der Waals surface area contributed by atoms with Crippen LogP contribution < -0.4 is 10.6 Å². The Morgan fingerprint density at radius 1 is 1.23 bits per heavy atom. The molecule has 1 aliphatic carbocycles. The van der Waals surface area contributed by atoms with Crippen LogP contribution in [0.2, 0.25) is 0 Å². The van der Waals surface area contributed by atoms with Crippen molar-refractivity contribution < 1.29 is 17.9 Å². The van der Waals surface area contributed by atoms with Crippen molar-refractivity contribution in [2.24, 2.45) is 0 Å². The van der Waals surface area contributed by atoms with Gasteiger partial charge in [-0.1, -0.05) is 31.4 Å². The van der Waals surface area contributed by atoms with Gasteiger partial charge < -0.3 is 15.4 Å². The number of ether oxygens (including phenoxy) is 1. The van der Waals surface area contributed by atoms with Crippen LogP contribution in [0.1, 0.15) is 37.7 Å². The predicted molar refractivity (Wildman–Crippen MR) is 104 cm³/mol. The van der Waals surface area contributed by atoms with E-state index in [-0.39, 0.29) is 35.4 Å². The normalized spacial score (nSPS) is 21.6. The lowest BCUT2D eigenvalue weighted by molar-refractivity contribution is -0.120. The van der Waals surface area contributed by atoms with Crippen molar-refractivity contribution in [3.63, 3.8) is 0 Å². The molecule has 146 valence electrons. The minimum absolute atomic E-state index is 0. The van der Waals surface area contributed by atoms with E-state index in [0.717, 1.165) is 37.7 Å². The molecule has 2 fully saturated rings. The summed E-state index contributed by atoms with van der Waals surface area (Å²) in [6.45, 7) is 1.61. The van der Waals surface area contributed by atoms with Crippen LogP contribution in [0.15, 0.2) is 24.3 Å². The number of nitrogens with one attached hydrogen (secondary N) is 2. The second-order valence-electron chi connectivity index (χ2n) is 6.84. The zero-order chi connectivity index (χ0) is 17.7. The third-order valence-corrected chi connectivity index (χ3v) is 7.08. The van der Waals surface area contributed by atoms with Crippen LogP contribution in [-0.2, 0) is 25.1 Å². The molecular weight excluding hydrogens is 376 g/mol. The Morgan fingerprint density at radius 2 is 2.00 bits per heavy atom. The maximum Gasteiger partial charge on any atom is 0.243 e. The molecule has 0 spiro atoms. The second-order valence-corrected chi connectivity index (χ2v) is 9.12. The average molecular weight is 403 g/mol. The van der Waals surface area contributed by atoms with Crippen molar-refractivity contribution in [2.75, 3.05) is 25.1 Å². The second kappa shape index (κ2) is 9.69. The van der Waals surface area contributed by atoms with E-state index in [0.29, 0.717) is 25.4 Å². The fraction of sp³-hybridized carbons (Fsp3) is 0.611. The van der Waals surface area contributed by atoms with Gasteiger partial charge in [-0.3, -0.25) is 4.79 Å². The number of rotatable bonds is 5. The Bertz CT molecular complexity index is 699. The average Bonchev–Trinajstić information content (AvgIpc) is 2.63. The van der Waals surface area contributed by atoms with Gasteiger partial charge >= 0.3 is 0 Å². The van der Waals surface area contributed by atoms with Gasteiger partial charge in [0.15, 0.2) is 9.84 Å². The van der Waals surface area contributed by atoms with Crippen LogP contribution in [0.3, 0.4) is 0 Å². The van der Waals surface area contributed by atoms with Crippen molar-refractivity contribution in [1.82, 2.24) is 5.32 Å². The summed E-state index contributed by atoms with van der Waals surface area (Å²) >= 11 is 0. The maximum absolute atomic E-state index is 12.6. The Labute approximate surface area is 161 Å². The molecule has 26 heavy (non-hydrogen) atoms. The van der Waals surface area contributed by atoms with Crippen LogP contribution in [0.5, 0.6) is 0 Å². The third-order valence-electron chi connectivity index (χ3n) is 4.86. The van der Waals surface area contributed by atoms with Gasteiger partial charge in [0, 0.05) is 12.2 Å². The summed E-state index contributed by atoms with van der Waals surface area (Å²) in [4.78, 5) is 12.2. The molecule has 0 bridgehead atoms. The standard InChI is InChI=1S/C18H26N2O4S.ClH/c21-18(17-12-24-10-9-19-17)20-15-6-4-5-14(11-15)13-25(22,23)16-7-2-1-3-8-16;/h4-6,11,16-17,19H,1-3,7-10,12-13H2,(H,20,21);1H. The number of carbonyl (C=O) groups is 1. The van der Waals surface area contributed by atoms with Crippen LogP contribution in [-0.4, -0.2) is 45.4 Å². The Morgan fingerprint density at radius 3 is 2.69 bits per heavy atom. The Hall–Kier alpha value is -1.15. The number of sulfone groups is 1. The minimum Gasteiger partial charge on any atom is -0.378 e. The van der Waals surface area contributed by atoms with Gasteiger partial charge in [0.25, 0.3) is 0 Å². The first-order chi connectivity index (χ1) is 12.0. The highest BCUT2D eigenvalue weighted by Gasteiger charge is 2.27. The van der Waals surface area contributed by atoms with Crippen LogP contribution in [0.4, 0.5) is 5.69 Å². The fourth-order valence-corrected chi connectivity index (χ4v) is 5.41. The van der Waals surface area contributed by atoms with Crippen LogP contribution in [0, 0.1) is 0 Å². The fourth-order valence-electron chi connectivity index (χ4n) is 3.48. The Balaban J connectivity index is 0.00000243. The first-order valence-corrected chi connectivity index (χ1v) is 10.7. The summed E-state index contributed by atoms with van der Waals surface area (Å²) < 4.78 is 30.5. The van der Waals surface area contributed by atoms with Gasteiger partial charge in [-0.05, 0) is 30.5 Å². The summed E-state index contributed by atoms with van der Waals surface area (Å²) in [6.07, 6.45) is 4.66. The molecule has 8 heteroatoms. The monoisotopic (exact) mass is 402 g/mol. The first-order valence-electron chi connectivity index (χ1n) is 8.97. The molecule has 6 nitrogen and oxygen atoms in total. The number of morpholine rings is 1. The van der Waals surface area contributed by atoms with Crippen molar-refractivity contribution in [2.45, 2.75) is 49.1 Å². The van der Waals surface area contributed by atoms with E-state index in [1.165, 1.54) is 0 Å². The van der Waals surface area contributed by atoms with E-state index in [1.54, 1.807) is 24.3 Å². The summed E-state index contributed by atoms with van der Waals surface area (Å²) in [7, 11) is -3.15. The number of anilines is 1. The summed E-state index contributed by atoms with van der Waals surface area (Å²) in [5.74, 6) is -0.126. The molecule has 1 saturated heterocycles. The van der Waals surface area contributed by atoms with E-state index < -0.39 is 9.84 Å². The smallest absolute Gasteiger partial charge is 0.243 e. The molecule has 1 aliphatic heterocycles. The molecule has 1 unspecified atom stereocenters. The summed E-state index contributed by atoms with van der Waals surface area (Å²) in [5, 5.41) is 5.72. The van der Waals surface area contributed by atoms with Crippen molar-refractivity contribution >= 4 is 33.8 Å². The number of hydrogen-bond acceptors (Lipinski definition) is 5. The molecule has 2 N–H and O–H groups in total. The highest BCUT2D eigenvalue weighted by atomic mass is 35.5. The number of benzene rings is 1. The summed E-state index contributed by atoms with van der Waals surface area (Å²) in [6, 6.07) is 6.74. The number of hydrogen-bond donors (Lipinski definition) is 2. The zero-order valence-corrected chi connectivity index (χ0v) is 16.4. The molecule has 3 rings (SSSR count). The van der Waals surface area contributed by atoms with E-state index in [9.17, 15) is 13.2 Å². The lowest BCUT2D eigenvalue weighted by atomic mass is 10.0. The molecule has 1 aromatic rings. The predicted octanol–water partition coefficient (Wildman–Crippen LogP) is 2.28. The highest BCUT2D eigenvalue weighted by Crippen LogP contribution is 2.26. The van der Waals surface area contributed by atoms with Gasteiger partial charge in [-0.2, -0.15) is 0 Å². The molecule has 1 heterocycles. The van der Waals surface area contributed by atoms with E-state index >= 15 is 0 Å². The van der Waals surface area contributed by atoms with E-state index in [2.05, 4.69) is 10.6 Å². The highest BCUT2D eigenvalue weighted by molar-refractivity contribution is 7.91. The van der Waals surface area contributed by atoms with Crippen molar-refractivity contribution in [3.05, 3.63) is 29.8 Å². The molecule has 1 atom stereocenters.